The Kier molecular flexibility index (Phi) is 4.71. The van der Waals surface area contributed by atoms with Crippen LogP contribution in [-0.2, 0) is 13.1 Å². The molecule has 2 aromatic rings. The number of hydrogen-bond donors (Lipinski definition) is 1. The minimum atomic E-state index is -0.865. The number of aromatic carboxylic acids is 1. The van der Waals surface area contributed by atoms with Crippen molar-refractivity contribution in [2.75, 3.05) is 13.1 Å². The zero-order valence-electron chi connectivity index (χ0n) is 13.4. The summed E-state index contributed by atoms with van der Waals surface area (Å²) in [5.41, 5.74) is 1.48. The fourth-order valence-electron chi connectivity index (χ4n) is 3.26. The highest BCUT2D eigenvalue weighted by Crippen LogP contribution is 2.28. The molecule has 1 fully saturated rings. The Morgan fingerprint density at radius 1 is 1.43 bits per heavy atom. The zero-order valence-corrected chi connectivity index (χ0v) is 13.4. The van der Waals surface area contributed by atoms with Gasteiger partial charge < -0.3 is 9.67 Å². The molecule has 1 atom stereocenters. The fraction of sp³-hybridized carbons (Fsp3) is 0.471. The Balaban J connectivity index is 1.71. The quantitative estimate of drug-likeness (QED) is 0.917. The van der Waals surface area contributed by atoms with Crippen molar-refractivity contribution in [1.82, 2.24) is 19.7 Å². The fourth-order valence-corrected chi connectivity index (χ4v) is 3.26. The highest BCUT2D eigenvalue weighted by molar-refractivity contribution is 5.87. The van der Waals surface area contributed by atoms with Crippen molar-refractivity contribution in [3.63, 3.8) is 0 Å². The maximum Gasteiger partial charge on any atom is 0.335 e. The van der Waals surface area contributed by atoms with Crippen LogP contribution in [0.3, 0.4) is 0 Å². The average molecular weight is 314 g/mol. The molecule has 0 radical (unpaired) electrons. The summed E-state index contributed by atoms with van der Waals surface area (Å²) in [5, 5.41) is 17.4. The smallest absolute Gasteiger partial charge is 0.335 e. The third kappa shape index (κ3) is 3.59. The maximum atomic E-state index is 11.2. The third-order valence-corrected chi connectivity index (χ3v) is 4.51. The predicted molar refractivity (Wildman–Crippen MR) is 86.3 cm³/mol. The number of rotatable bonds is 5. The lowest BCUT2D eigenvalue weighted by Gasteiger charge is -2.32. The van der Waals surface area contributed by atoms with Gasteiger partial charge in [-0.25, -0.2) is 4.79 Å². The van der Waals surface area contributed by atoms with E-state index < -0.39 is 5.97 Å². The number of benzene rings is 1. The van der Waals surface area contributed by atoms with Crippen LogP contribution in [0.25, 0.3) is 0 Å². The van der Waals surface area contributed by atoms with Crippen LogP contribution in [-0.4, -0.2) is 43.8 Å². The number of carboxylic acids is 1. The van der Waals surface area contributed by atoms with Crippen LogP contribution in [0.4, 0.5) is 0 Å². The first-order valence-electron chi connectivity index (χ1n) is 8.09. The molecule has 0 bridgehead atoms. The Hall–Kier alpha value is -2.21. The molecule has 1 aliphatic rings. The third-order valence-electron chi connectivity index (χ3n) is 4.51. The SMILES string of the molecule is CCn1cnnc1CN1CCC[C@@H](c2cccc(C(=O)O)c2)C1. The lowest BCUT2D eigenvalue weighted by atomic mass is 9.89. The van der Waals surface area contributed by atoms with Gasteiger partial charge in [-0.2, -0.15) is 0 Å². The van der Waals surface area contributed by atoms with E-state index in [0.29, 0.717) is 11.5 Å². The standard InChI is InChI=1S/C17H22N4O2/c1-2-21-12-18-19-16(21)11-20-8-4-7-15(10-20)13-5-3-6-14(9-13)17(22)23/h3,5-6,9,12,15H,2,4,7-8,10-11H2,1H3,(H,22,23)/t15-/m1/s1. The van der Waals surface area contributed by atoms with Crippen molar-refractivity contribution in [3.8, 4) is 0 Å². The molecule has 1 N–H and O–H groups in total. The molecule has 6 heteroatoms. The highest BCUT2D eigenvalue weighted by Gasteiger charge is 2.23. The number of carboxylic acid groups (broad SMARTS) is 1. The second kappa shape index (κ2) is 6.91. The van der Waals surface area contributed by atoms with Gasteiger partial charge in [-0.05, 0) is 49.9 Å². The molecule has 1 aromatic carbocycles. The number of aromatic nitrogens is 3. The Bertz CT molecular complexity index is 683. The van der Waals surface area contributed by atoms with Crippen molar-refractivity contribution in [2.45, 2.75) is 38.8 Å². The second-order valence-corrected chi connectivity index (χ2v) is 6.04. The van der Waals surface area contributed by atoms with Crippen molar-refractivity contribution in [2.24, 2.45) is 0 Å². The molecule has 6 nitrogen and oxygen atoms in total. The molecular formula is C17H22N4O2. The first-order chi connectivity index (χ1) is 11.2. The number of likely N-dealkylation sites (tertiary alicyclic amines) is 1. The Morgan fingerprint density at radius 3 is 3.09 bits per heavy atom. The van der Waals surface area contributed by atoms with E-state index >= 15 is 0 Å². The normalized spacial score (nSPS) is 18.9. The lowest BCUT2D eigenvalue weighted by molar-refractivity contribution is 0.0696. The summed E-state index contributed by atoms with van der Waals surface area (Å²) in [4.78, 5) is 13.5. The van der Waals surface area contributed by atoms with E-state index in [4.69, 9.17) is 5.11 Å². The number of aryl methyl sites for hydroxylation is 1. The summed E-state index contributed by atoms with van der Waals surface area (Å²) in [5.74, 6) is 0.504. The molecule has 0 saturated carbocycles. The summed E-state index contributed by atoms with van der Waals surface area (Å²) < 4.78 is 2.06. The molecular weight excluding hydrogens is 292 g/mol. The number of piperidine rings is 1. The Morgan fingerprint density at radius 2 is 2.30 bits per heavy atom. The lowest BCUT2D eigenvalue weighted by Crippen LogP contribution is -2.34. The first kappa shape index (κ1) is 15.7. The summed E-state index contributed by atoms with van der Waals surface area (Å²) in [7, 11) is 0. The summed E-state index contributed by atoms with van der Waals surface area (Å²) >= 11 is 0. The van der Waals surface area contributed by atoms with Crippen molar-refractivity contribution >= 4 is 5.97 Å². The monoisotopic (exact) mass is 314 g/mol. The van der Waals surface area contributed by atoms with Crippen molar-refractivity contribution < 1.29 is 9.90 Å². The second-order valence-electron chi connectivity index (χ2n) is 6.04. The summed E-state index contributed by atoms with van der Waals surface area (Å²) in [6.07, 6.45) is 3.98. The van der Waals surface area contributed by atoms with Crippen LogP contribution < -0.4 is 0 Å². The van der Waals surface area contributed by atoms with Gasteiger partial charge in [0.05, 0.1) is 12.1 Å². The summed E-state index contributed by atoms with van der Waals surface area (Å²) in [6.45, 7) is 5.73. The molecule has 122 valence electrons. The topological polar surface area (TPSA) is 71.2 Å². The maximum absolute atomic E-state index is 11.2. The van der Waals surface area contributed by atoms with Crippen LogP contribution in [0, 0.1) is 0 Å². The molecule has 2 heterocycles. The van der Waals surface area contributed by atoms with E-state index in [1.807, 2.05) is 18.2 Å². The van der Waals surface area contributed by atoms with Crippen LogP contribution in [0.1, 0.15) is 47.4 Å². The Labute approximate surface area is 135 Å². The van der Waals surface area contributed by atoms with Gasteiger partial charge in [0.1, 0.15) is 12.2 Å². The minimum absolute atomic E-state index is 0.366. The van der Waals surface area contributed by atoms with E-state index in [9.17, 15) is 4.79 Å². The van der Waals surface area contributed by atoms with Crippen molar-refractivity contribution in [3.05, 3.63) is 47.5 Å². The van der Waals surface area contributed by atoms with Gasteiger partial charge in [0.25, 0.3) is 0 Å². The van der Waals surface area contributed by atoms with Gasteiger partial charge in [0.15, 0.2) is 0 Å². The molecule has 0 unspecified atom stereocenters. The van der Waals surface area contributed by atoms with Crippen LogP contribution in [0.2, 0.25) is 0 Å². The van der Waals surface area contributed by atoms with E-state index in [1.165, 1.54) is 0 Å². The molecule has 23 heavy (non-hydrogen) atoms. The zero-order chi connectivity index (χ0) is 16.2. The number of hydrogen-bond acceptors (Lipinski definition) is 4. The van der Waals surface area contributed by atoms with E-state index in [2.05, 4.69) is 26.6 Å². The van der Waals surface area contributed by atoms with Gasteiger partial charge in [0, 0.05) is 13.1 Å². The molecule has 1 aliphatic heterocycles. The minimum Gasteiger partial charge on any atom is -0.478 e. The largest absolute Gasteiger partial charge is 0.478 e. The van der Waals surface area contributed by atoms with Gasteiger partial charge >= 0.3 is 5.97 Å². The van der Waals surface area contributed by atoms with Crippen LogP contribution >= 0.6 is 0 Å². The first-order valence-corrected chi connectivity index (χ1v) is 8.09. The van der Waals surface area contributed by atoms with Gasteiger partial charge in [-0.3, -0.25) is 4.90 Å². The molecule has 1 aromatic heterocycles. The van der Waals surface area contributed by atoms with Gasteiger partial charge in [-0.15, -0.1) is 10.2 Å². The van der Waals surface area contributed by atoms with Crippen molar-refractivity contribution in [1.29, 1.82) is 0 Å². The van der Waals surface area contributed by atoms with Gasteiger partial charge in [0.2, 0.25) is 0 Å². The van der Waals surface area contributed by atoms with Crippen LogP contribution in [0.5, 0.6) is 0 Å². The number of carbonyl (C=O) groups is 1. The molecule has 0 amide bonds. The van der Waals surface area contributed by atoms with E-state index in [-0.39, 0.29) is 0 Å². The summed E-state index contributed by atoms with van der Waals surface area (Å²) in [6, 6.07) is 7.34. The molecule has 3 rings (SSSR count). The molecule has 0 spiro atoms. The van der Waals surface area contributed by atoms with E-state index in [0.717, 1.165) is 50.4 Å². The predicted octanol–water partition coefficient (Wildman–Crippen LogP) is 2.38. The van der Waals surface area contributed by atoms with E-state index in [1.54, 1.807) is 12.4 Å². The highest BCUT2D eigenvalue weighted by atomic mass is 16.4. The van der Waals surface area contributed by atoms with Crippen LogP contribution in [0.15, 0.2) is 30.6 Å². The molecule has 1 saturated heterocycles. The molecule has 0 aliphatic carbocycles. The average Bonchev–Trinajstić information content (AvgIpc) is 3.02. The van der Waals surface area contributed by atoms with Gasteiger partial charge in [-0.1, -0.05) is 12.1 Å². The number of nitrogens with zero attached hydrogens (tertiary/aromatic N) is 4.